The van der Waals surface area contributed by atoms with Gasteiger partial charge in [-0.3, -0.25) is 0 Å². The molecule has 0 atom stereocenters. The number of hydrogen-bond acceptors (Lipinski definition) is 4. The van der Waals surface area contributed by atoms with Crippen molar-refractivity contribution in [2.75, 3.05) is 12.0 Å². The summed E-state index contributed by atoms with van der Waals surface area (Å²) in [4.78, 5) is 1.20. The van der Waals surface area contributed by atoms with Gasteiger partial charge in [-0.25, -0.2) is 12.8 Å². The number of nitrogen functional groups attached to an aromatic ring is 1. The Morgan fingerprint density at radius 1 is 0.958 bits per heavy atom. The number of thiophene rings is 1. The second-order valence-electron chi connectivity index (χ2n) is 5.20. The third kappa shape index (κ3) is 3.77. The standard InChI is InChI=1S/C17H14FNO2S2.ClH/c1-23(20,21)14-8-4-11(5-9-14)15-10-16(19)22-17(15)12-2-6-13(18)7-3-12;/h2-10H,19H2,1H3;1H. The molecule has 1 heterocycles. The van der Waals surface area contributed by atoms with Crippen LogP contribution in [0.3, 0.4) is 0 Å². The maximum atomic E-state index is 13.1. The largest absolute Gasteiger partial charge is 0.391 e. The zero-order valence-corrected chi connectivity index (χ0v) is 15.1. The van der Waals surface area contributed by atoms with Crippen LogP contribution >= 0.6 is 23.7 Å². The monoisotopic (exact) mass is 383 g/mol. The molecule has 0 saturated heterocycles. The first-order chi connectivity index (χ1) is 10.8. The summed E-state index contributed by atoms with van der Waals surface area (Å²) in [5.74, 6) is -0.294. The van der Waals surface area contributed by atoms with Gasteiger partial charge in [0.25, 0.3) is 0 Å². The molecule has 3 nitrogen and oxygen atoms in total. The fourth-order valence-electron chi connectivity index (χ4n) is 2.32. The van der Waals surface area contributed by atoms with Crippen molar-refractivity contribution >= 4 is 38.6 Å². The summed E-state index contributed by atoms with van der Waals surface area (Å²) in [5.41, 5.74) is 8.57. The topological polar surface area (TPSA) is 60.2 Å². The van der Waals surface area contributed by atoms with Gasteiger partial charge in [0, 0.05) is 16.7 Å². The summed E-state index contributed by atoms with van der Waals surface area (Å²) in [6, 6.07) is 14.7. The van der Waals surface area contributed by atoms with E-state index in [4.69, 9.17) is 5.73 Å². The van der Waals surface area contributed by atoms with Crippen molar-refractivity contribution in [1.82, 2.24) is 0 Å². The van der Waals surface area contributed by atoms with E-state index in [0.29, 0.717) is 5.00 Å². The maximum Gasteiger partial charge on any atom is 0.175 e. The van der Waals surface area contributed by atoms with E-state index in [1.54, 1.807) is 36.4 Å². The zero-order valence-electron chi connectivity index (χ0n) is 12.7. The lowest BCUT2D eigenvalue weighted by atomic mass is 10.0. The lowest BCUT2D eigenvalue weighted by Crippen LogP contribution is -1.96. The lowest BCUT2D eigenvalue weighted by molar-refractivity contribution is 0.602. The van der Waals surface area contributed by atoms with Crippen LogP contribution < -0.4 is 5.73 Å². The maximum absolute atomic E-state index is 13.1. The first kappa shape index (κ1) is 18.4. The summed E-state index contributed by atoms with van der Waals surface area (Å²) < 4.78 is 36.2. The summed E-state index contributed by atoms with van der Waals surface area (Å²) in [5, 5.41) is 0.645. The second kappa shape index (κ2) is 6.93. The molecule has 2 aromatic carbocycles. The summed E-state index contributed by atoms with van der Waals surface area (Å²) in [6.07, 6.45) is 1.18. The Hall–Kier alpha value is -1.89. The van der Waals surface area contributed by atoms with E-state index < -0.39 is 9.84 Å². The Morgan fingerprint density at radius 2 is 1.50 bits per heavy atom. The molecule has 0 bridgehead atoms. The van der Waals surface area contributed by atoms with E-state index >= 15 is 0 Å². The van der Waals surface area contributed by atoms with Crippen LogP contribution in [-0.4, -0.2) is 14.7 Å². The molecule has 1 aromatic heterocycles. The molecule has 0 fully saturated rings. The Kier molecular flexibility index (Phi) is 5.32. The number of rotatable bonds is 3. The van der Waals surface area contributed by atoms with Gasteiger partial charge in [-0.05, 0) is 41.5 Å². The molecule has 0 aliphatic carbocycles. The quantitative estimate of drug-likeness (QED) is 0.717. The predicted molar refractivity (Wildman–Crippen MR) is 99.9 cm³/mol. The van der Waals surface area contributed by atoms with Gasteiger partial charge in [0.2, 0.25) is 0 Å². The molecular weight excluding hydrogens is 369 g/mol. The molecule has 2 N–H and O–H groups in total. The molecule has 3 aromatic rings. The van der Waals surface area contributed by atoms with Crippen LogP contribution in [0.15, 0.2) is 59.5 Å². The van der Waals surface area contributed by atoms with Crippen molar-refractivity contribution < 1.29 is 12.8 Å². The normalized spacial score (nSPS) is 11.1. The van der Waals surface area contributed by atoms with E-state index in [0.717, 1.165) is 21.6 Å². The van der Waals surface area contributed by atoms with Gasteiger partial charge >= 0.3 is 0 Å². The van der Waals surface area contributed by atoms with Crippen molar-refractivity contribution in [3.05, 3.63) is 60.4 Å². The number of halogens is 2. The van der Waals surface area contributed by atoms with Crippen LogP contribution in [-0.2, 0) is 9.84 Å². The molecule has 24 heavy (non-hydrogen) atoms. The Bertz CT molecular complexity index is 949. The van der Waals surface area contributed by atoms with Crippen molar-refractivity contribution in [3.63, 3.8) is 0 Å². The number of nitrogens with two attached hydrogens (primary N) is 1. The van der Waals surface area contributed by atoms with Crippen molar-refractivity contribution in [3.8, 4) is 21.6 Å². The number of sulfone groups is 1. The molecule has 126 valence electrons. The van der Waals surface area contributed by atoms with Crippen molar-refractivity contribution in [1.29, 1.82) is 0 Å². The second-order valence-corrected chi connectivity index (χ2v) is 8.29. The van der Waals surface area contributed by atoms with E-state index in [-0.39, 0.29) is 23.1 Å². The molecular formula is C17H15ClFNO2S2. The van der Waals surface area contributed by atoms with Gasteiger partial charge in [-0.15, -0.1) is 23.7 Å². The van der Waals surface area contributed by atoms with Crippen LogP contribution in [0.4, 0.5) is 9.39 Å². The van der Waals surface area contributed by atoms with E-state index in [1.807, 2.05) is 6.07 Å². The van der Waals surface area contributed by atoms with Crippen LogP contribution in [0.5, 0.6) is 0 Å². The number of hydrogen-bond donors (Lipinski definition) is 1. The summed E-state index contributed by atoms with van der Waals surface area (Å²) in [6.45, 7) is 0. The van der Waals surface area contributed by atoms with E-state index in [9.17, 15) is 12.8 Å². The smallest absolute Gasteiger partial charge is 0.175 e. The molecule has 0 aliphatic rings. The van der Waals surface area contributed by atoms with Crippen LogP contribution in [0.25, 0.3) is 21.6 Å². The van der Waals surface area contributed by atoms with Gasteiger partial charge in [-0.2, -0.15) is 0 Å². The molecule has 0 amide bonds. The molecule has 0 unspecified atom stereocenters. The molecule has 0 radical (unpaired) electrons. The minimum absolute atomic E-state index is 0. The first-order valence-electron chi connectivity index (χ1n) is 6.80. The molecule has 0 saturated carbocycles. The zero-order chi connectivity index (χ0) is 16.6. The van der Waals surface area contributed by atoms with Crippen LogP contribution in [0, 0.1) is 5.82 Å². The van der Waals surface area contributed by atoms with Gasteiger partial charge in [-0.1, -0.05) is 24.3 Å². The molecule has 0 spiro atoms. The third-order valence-corrected chi connectivity index (χ3v) is 5.59. The minimum Gasteiger partial charge on any atom is -0.391 e. The molecule has 3 rings (SSSR count). The highest BCUT2D eigenvalue weighted by Crippen LogP contribution is 2.40. The van der Waals surface area contributed by atoms with Crippen LogP contribution in [0.1, 0.15) is 0 Å². The summed E-state index contributed by atoms with van der Waals surface area (Å²) in [7, 11) is -3.23. The lowest BCUT2D eigenvalue weighted by Gasteiger charge is -2.05. The molecule has 0 aliphatic heterocycles. The van der Waals surface area contributed by atoms with Crippen molar-refractivity contribution in [2.45, 2.75) is 4.90 Å². The van der Waals surface area contributed by atoms with Crippen LogP contribution in [0.2, 0.25) is 0 Å². The highest BCUT2D eigenvalue weighted by atomic mass is 35.5. The Morgan fingerprint density at radius 3 is 2.04 bits per heavy atom. The Balaban J connectivity index is 0.00000208. The first-order valence-corrected chi connectivity index (χ1v) is 9.51. The fourth-order valence-corrected chi connectivity index (χ4v) is 3.91. The van der Waals surface area contributed by atoms with Gasteiger partial charge in [0.05, 0.1) is 9.90 Å². The van der Waals surface area contributed by atoms with Gasteiger partial charge in [0.15, 0.2) is 9.84 Å². The Labute approximate surface area is 150 Å². The van der Waals surface area contributed by atoms with E-state index in [2.05, 4.69) is 0 Å². The van der Waals surface area contributed by atoms with Crippen molar-refractivity contribution in [2.24, 2.45) is 0 Å². The average molecular weight is 384 g/mol. The van der Waals surface area contributed by atoms with Gasteiger partial charge < -0.3 is 5.73 Å². The average Bonchev–Trinajstić information content (AvgIpc) is 2.89. The highest BCUT2D eigenvalue weighted by molar-refractivity contribution is 7.90. The third-order valence-electron chi connectivity index (χ3n) is 3.45. The van der Waals surface area contributed by atoms with E-state index in [1.165, 1.54) is 29.7 Å². The number of anilines is 1. The SMILES string of the molecule is CS(=O)(=O)c1ccc(-c2cc(N)sc2-c2ccc(F)cc2)cc1.Cl. The fraction of sp³-hybridized carbons (Fsp3) is 0.0588. The molecule has 7 heteroatoms. The minimum atomic E-state index is -3.23. The van der Waals surface area contributed by atoms with Gasteiger partial charge in [0.1, 0.15) is 5.82 Å². The summed E-state index contributed by atoms with van der Waals surface area (Å²) >= 11 is 1.41. The number of benzene rings is 2. The highest BCUT2D eigenvalue weighted by Gasteiger charge is 2.13. The predicted octanol–water partition coefficient (Wildman–Crippen LogP) is 4.63.